The SMILES string of the molecule is FC(F)Oc1ccccc1/C=C(/CBr)C1CCCCC1. The van der Waals surface area contributed by atoms with Gasteiger partial charge in [-0.2, -0.15) is 8.78 Å². The van der Waals surface area contributed by atoms with Crippen LogP contribution in [0.2, 0.25) is 0 Å². The lowest BCUT2D eigenvalue weighted by Crippen LogP contribution is -2.10. The van der Waals surface area contributed by atoms with Crippen molar-refractivity contribution in [2.75, 3.05) is 5.33 Å². The molecule has 0 aromatic heterocycles. The fraction of sp³-hybridized carbons (Fsp3) is 0.500. The highest BCUT2D eigenvalue weighted by molar-refractivity contribution is 9.09. The van der Waals surface area contributed by atoms with E-state index in [1.807, 2.05) is 18.2 Å². The van der Waals surface area contributed by atoms with Crippen molar-refractivity contribution in [2.45, 2.75) is 38.7 Å². The molecule has 1 saturated carbocycles. The second-order valence-electron chi connectivity index (χ2n) is 5.10. The van der Waals surface area contributed by atoms with Crippen LogP contribution in [-0.2, 0) is 0 Å². The second kappa shape index (κ2) is 7.77. The summed E-state index contributed by atoms with van der Waals surface area (Å²) in [6.07, 6.45) is 8.19. The first-order valence-electron chi connectivity index (χ1n) is 7.01. The molecule has 1 nitrogen and oxygen atoms in total. The molecule has 1 aliphatic carbocycles. The van der Waals surface area contributed by atoms with Crippen LogP contribution in [0.15, 0.2) is 29.8 Å². The molecule has 0 aliphatic heterocycles. The van der Waals surface area contributed by atoms with Gasteiger partial charge < -0.3 is 4.74 Å². The lowest BCUT2D eigenvalue weighted by Gasteiger charge is -2.23. The summed E-state index contributed by atoms with van der Waals surface area (Å²) in [5.41, 5.74) is 2.00. The monoisotopic (exact) mass is 344 g/mol. The maximum absolute atomic E-state index is 12.4. The van der Waals surface area contributed by atoms with Gasteiger partial charge in [0.25, 0.3) is 0 Å². The highest BCUT2D eigenvalue weighted by atomic mass is 79.9. The van der Waals surface area contributed by atoms with Crippen LogP contribution in [0.25, 0.3) is 6.08 Å². The molecule has 4 heteroatoms. The zero-order valence-corrected chi connectivity index (χ0v) is 12.9. The second-order valence-corrected chi connectivity index (χ2v) is 5.66. The van der Waals surface area contributed by atoms with E-state index < -0.39 is 6.61 Å². The fourth-order valence-electron chi connectivity index (χ4n) is 2.74. The Hall–Kier alpha value is -0.900. The number of benzene rings is 1. The minimum atomic E-state index is -2.79. The summed E-state index contributed by atoms with van der Waals surface area (Å²) >= 11 is 3.53. The van der Waals surface area contributed by atoms with Crippen molar-refractivity contribution < 1.29 is 13.5 Å². The Balaban J connectivity index is 2.22. The van der Waals surface area contributed by atoms with Gasteiger partial charge >= 0.3 is 6.61 Å². The van der Waals surface area contributed by atoms with Crippen molar-refractivity contribution in [1.29, 1.82) is 0 Å². The number of alkyl halides is 3. The van der Waals surface area contributed by atoms with Gasteiger partial charge in [-0.15, -0.1) is 0 Å². The molecular formula is C16H19BrF2O. The molecule has 1 aromatic carbocycles. The van der Waals surface area contributed by atoms with E-state index in [0.29, 0.717) is 5.92 Å². The Morgan fingerprint density at radius 1 is 1.25 bits per heavy atom. The highest BCUT2D eigenvalue weighted by Crippen LogP contribution is 2.33. The van der Waals surface area contributed by atoms with E-state index in [2.05, 4.69) is 20.7 Å². The van der Waals surface area contributed by atoms with E-state index in [1.165, 1.54) is 37.7 Å². The number of hydrogen-bond donors (Lipinski definition) is 0. The van der Waals surface area contributed by atoms with Crippen molar-refractivity contribution in [1.82, 2.24) is 0 Å². The van der Waals surface area contributed by atoms with Gasteiger partial charge in [0.05, 0.1) is 0 Å². The molecule has 110 valence electrons. The summed E-state index contributed by atoms with van der Waals surface area (Å²) in [5, 5.41) is 0.778. The lowest BCUT2D eigenvalue weighted by molar-refractivity contribution is -0.0499. The molecule has 0 unspecified atom stereocenters. The van der Waals surface area contributed by atoms with E-state index >= 15 is 0 Å². The van der Waals surface area contributed by atoms with Crippen molar-refractivity contribution >= 4 is 22.0 Å². The summed E-state index contributed by atoms with van der Waals surface area (Å²) < 4.78 is 29.4. The Morgan fingerprint density at radius 3 is 2.60 bits per heavy atom. The van der Waals surface area contributed by atoms with Gasteiger partial charge in [0.2, 0.25) is 0 Å². The molecular weight excluding hydrogens is 326 g/mol. The van der Waals surface area contributed by atoms with Crippen LogP contribution in [-0.4, -0.2) is 11.9 Å². The summed E-state index contributed by atoms with van der Waals surface area (Å²) in [4.78, 5) is 0. The first-order chi connectivity index (χ1) is 9.70. The molecule has 20 heavy (non-hydrogen) atoms. The van der Waals surface area contributed by atoms with Crippen molar-refractivity contribution in [3.63, 3.8) is 0 Å². The lowest BCUT2D eigenvalue weighted by atomic mass is 9.84. The number of rotatable bonds is 5. The average molecular weight is 345 g/mol. The number of halogens is 3. The van der Waals surface area contributed by atoms with Crippen LogP contribution in [0.4, 0.5) is 8.78 Å². The summed E-state index contributed by atoms with van der Waals surface area (Å²) in [6, 6.07) is 6.97. The number of allylic oxidation sites excluding steroid dienone is 1. The molecule has 0 radical (unpaired) electrons. The van der Waals surface area contributed by atoms with E-state index in [0.717, 1.165) is 10.9 Å². The van der Waals surface area contributed by atoms with Crippen LogP contribution in [0.1, 0.15) is 37.7 Å². The molecule has 0 amide bonds. The third-order valence-corrected chi connectivity index (χ3v) is 4.41. The van der Waals surface area contributed by atoms with E-state index in [4.69, 9.17) is 0 Å². The Labute approximate surface area is 127 Å². The predicted molar refractivity (Wildman–Crippen MR) is 81.4 cm³/mol. The van der Waals surface area contributed by atoms with Gasteiger partial charge in [-0.1, -0.05) is 65.0 Å². The molecule has 0 heterocycles. The van der Waals surface area contributed by atoms with Crippen molar-refractivity contribution in [3.05, 3.63) is 35.4 Å². The van der Waals surface area contributed by atoms with Gasteiger partial charge in [0, 0.05) is 10.9 Å². The molecule has 2 rings (SSSR count). The zero-order valence-electron chi connectivity index (χ0n) is 11.3. The Kier molecular flexibility index (Phi) is 6.02. The third-order valence-electron chi connectivity index (χ3n) is 3.76. The van der Waals surface area contributed by atoms with Gasteiger partial charge in [-0.25, -0.2) is 0 Å². The average Bonchev–Trinajstić information content (AvgIpc) is 2.46. The van der Waals surface area contributed by atoms with Gasteiger partial charge in [0.1, 0.15) is 5.75 Å². The smallest absolute Gasteiger partial charge is 0.387 e. The minimum absolute atomic E-state index is 0.247. The Morgan fingerprint density at radius 2 is 1.95 bits per heavy atom. The summed E-state index contributed by atoms with van der Waals surface area (Å²) in [7, 11) is 0. The van der Waals surface area contributed by atoms with Crippen molar-refractivity contribution in [2.24, 2.45) is 5.92 Å². The molecule has 1 fully saturated rings. The molecule has 0 N–H and O–H groups in total. The number of hydrogen-bond acceptors (Lipinski definition) is 1. The Bertz CT molecular complexity index is 454. The van der Waals surface area contributed by atoms with Gasteiger partial charge in [-0.3, -0.25) is 0 Å². The molecule has 1 aliphatic rings. The van der Waals surface area contributed by atoms with Crippen LogP contribution >= 0.6 is 15.9 Å². The van der Waals surface area contributed by atoms with E-state index in [-0.39, 0.29) is 5.75 Å². The molecule has 0 saturated heterocycles. The van der Waals surface area contributed by atoms with E-state index in [1.54, 1.807) is 12.1 Å². The molecule has 0 spiro atoms. The molecule has 0 bridgehead atoms. The standard InChI is InChI=1S/C16H19BrF2O/c17-11-14(12-6-2-1-3-7-12)10-13-8-4-5-9-15(13)20-16(18)19/h4-5,8-10,12,16H,1-3,6-7,11H2/b14-10-. The maximum Gasteiger partial charge on any atom is 0.387 e. The summed E-state index contributed by atoms with van der Waals surface area (Å²) in [5.74, 6) is 0.805. The zero-order chi connectivity index (χ0) is 14.4. The maximum atomic E-state index is 12.4. The highest BCUT2D eigenvalue weighted by Gasteiger charge is 2.18. The molecule has 0 atom stereocenters. The predicted octanol–water partition coefficient (Wildman–Crippen LogP) is 5.65. The van der Waals surface area contributed by atoms with Crippen molar-refractivity contribution in [3.8, 4) is 5.75 Å². The van der Waals surface area contributed by atoms with Crippen LogP contribution in [0.3, 0.4) is 0 Å². The van der Waals surface area contributed by atoms with Crippen LogP contribution in [0.5, 0.6) is 5.75 Å². The summed E-state index contributed by atoms with van der Waals surface area (Å²) in [6.45, 7) is -2.79. The number of ether oxygens (including phenoxy) is 1. The quantitative estimate of drug-likeness (QED) is 0.627. The van der Waals surface area contributed by atoms with Crippen LogP contribution in [0, 0.1) is 5.92 Å². The van der Waals surface area contributed by atoms with Gasteiger partial charge in [0.15, 0.2) is 0 Å². The normalized spacial score (nSPS) is 17.5. The first kappa shape index (κ1) is 15.5. The fourth-order valence-corrected chi connectivity index (χ4v) is 3.36. The minimum Gasteiger partial charge on any atom is -0.434 e. The third kappa shape index (κ3) is 4.30. The van der Waals surface area contributed by atoms with Crippen LogP contribution < -0.4 is 4.74 Å². The van der Waals surface area contributed by atoms with Gasteiger partial charge in [-0.05, 0) is 24.8 Å². The topological polar surface area (TPSA) is 9.23 Å². The molecule has 1 aromatic rings. The first-order valence-corrected chi connectivity index (χ1v) is 8.13. The largest absolute Gasteiger partial charge is 0.434 e. The van der Waals surface area contributed by atoms with E-state index in [9.17, 15) is 8.78 Å². The number of para-hydroxylation sites is 1.